The van der Waals surface area contributed by atoms with E-state index in [2.05, 4.69) is 10.1 Å². The third-order valence-corrected chi connectivity index (χ3v) is 8.81. The van der Waals surface area contributed by atoms with Gasteiger partial charge in [0.25, 0.3) is 5.56 Å². The van der Waals surface area contributed by atoms with Crippen LogP contribution in [0.3, 0.4) is 0 Å². The molecule has 1 aromatic heterocycles. The third kappa shape index (κ3) is 7.17. The van der Waals surface area contributed by atoms with E-state index in [0.29, 0.717) is 5.02 Å². The Balaban J connectivity index is 1.50. The molecule has 1 aromatic carbocycles. The number of hydrogen-bond acceptors (Lipinski definition) is 10. The van der Waals surface area contributed by atoms with E-state index in [4.69, 9.17) is 42.3 Å². The minimum absolute atomic E-state index is 0.0328. The Bertz CT molecular complexity index is 1330. The minimum Gasteiger partial charge on any atom is -0.461 e. The number of esters is 1. The van der Waals surface area contributed by atoms with Crippen molar-refractivity contribution in [3.63, 3.8) is 0 Å². The summed E-state index contributed by atoms with van der Waals surface area (Å²) in [6, 6.07) is 6.13. The summed E-state index contributed by atoms with van der Waals surface area (Å²) in [6.45, 7) is 2.29. The molecule has 1 aliphatic carbocycles. The zero-order valence-corrected chi connectivity index (χ0v) is 23.8. The van der Waals surface area contributed by atoms with Crippen molar-refractivity contribution in [1.29, 1.82) is 0 Å². The molecule has 0 amide bonds. The Morgan fingerprint density at radius 3 is 2.64 bits per heavy atom. The Kier molecular flexibility index (Phi) is 9.34. The molecule has 4 rings (SSSR count). The number of nitrogens with one attached hydrogen (secondary N) is 2. The molecule has 2 heterocycles. The van der Waals surface area contributed by atoms with Crippen LogP contribution in [-0.4, -0.2) is 62.3 Å². The van der Waals surface area contributed by atoms with Crippen molar-refractivity contribution >= 4 is 37.5 Å². The van der Waals surface area contributed by atoms with E-state index < -0.39 is 56.0 Å². The maximum Gasteiger partial charge on any atom is 0.459 e. The summed E-state index contributed by atoms with van der Waals surface area (Å²) < 4.78 is 37.7. The molecular formula is C24H31ClN3O9PS. The van der Waals surface area contributed by atoms with Crippen LogP contribution in [-0.2, 0) is 23.4 Å². The van der Waals surface area contributed by atoms with Gasteiger partial charge in [0, 0.05) is 17.3 Å². The number of ether oxygens (including phenoxy) is 2. The smallest absolute Gasteiger partial charge is 0.459 e. The maximum absolute atomic E-state index is 13.8. The first-order valence-electron chi connectivity index (χ1n) is 12.4. The lowest BCUT2D eigenvalue weighted by molar-refractivity contribution is -0.150. The summed E-state index contributed by atoms with van der Waals surface area (Å²) in [5.41, 5.74) is -2.31. The van der Waals surface area contributed by atoms with Gasteiger partial charge in [-0.05, 0) is 76.0 Å². The van der Waals surface area contributed by atoms with Gasteiger partial charge in [0.1, 0.15) is 35.7 Å². The number of carbonyl (C=O) groups excluding carboxylic acids is 1. The van der Waals surface area contributed by atoms with E-state index in [1.807, 2.05) is 0 Å². The average molecular weight is 604 g/mol. The molecule has 1 aliphatic heterocycles. The second-order valence-electron chi connectivity index (χ2n) is 9.75. The molecule has 15 heteroatoms. The van der Waals surface area contributed by atoms with Crippen molar-refractivity contribution in [3.05, 3.63) is 56.7 Å². The van der Waals surface area contributed by atoms with Crippen molar-refractivity contribution in [2.24, 2.45) is 0 Å². The van der Waals surface area contributed by atoms with Gasteiger partial charge in [0.15, 0.2) is 11.0 Å². The van der Waals surface area contributed by atoms with Gasteiger partial charge < -0.3 is 24.2 Å². The van der Waals surface area contributed by atoms with Crippen molar-refractivity contribution in [2.45, 2.75) is 75.7 Å². The van der Waals surface area contributed by atoms with Gasteiger partial charge in [-0.15, -0.1) is 0 Å². The molecule has 2 aliphatic rings. The number of rotatable bonds is 10. The van der Waals surface area contributed by atoms with Crippen LogP contribution in [0, 0.1) is 4.77 Å². The molecule has 1 saturated heterocycles. The lowest BCUT2D eigenvalue weighted by atomic mass is 9.96. The molecule has 0 bridgehead atoms. The largest absolute Gasteiger partial charge is 0.461 e. The van der Waals surface area contributed by atoms with Gasteiger partial charge in [-0.2, -0.15) is 5.09 Å². The predicted octanol–water partition coefficient (Wildman–Crippen LogP) is 3.24. The molecule has 2 fully saturated rings. The van der Waals surface area contributed by atoms with Crippen LogP contribution >= 0.6 is 31.6 Å². The summed E-state index contributed by atoms with van der Waals surface area (Å²) in [6.07, 6.45) is 0.712. The van der Waals surface area contributed by atoms with E-state index in [1.165, 1.54) is 54.9 Å². The predicted molar refractivity (Wildman–Crippen MR) is 143 cm³/mol. The summed E-state index contributed by atoms with van der Waals surface area (Å²) in [5, 5.41) is 24.8. The van der Waals surface area contributed by atoms with E-state index >= 15 is 0 Å². The van der Waals surface area contributed by atoms with Crippen LogP contribution < -0.4 is 15.2 Å². The fraction of sp³-hybridized carbons (Fsp3) is 0.542. The first kappa shape index (κ1) is 29.9. The lowest BCUT2D eigenvalue weighted by Crippen LogP contribution is -2.45. The van der Waals surface area contributed by atoms with Crippen molar-refractivity contribution in [2.75, 3.05) is 6.61 Å². The van der Waals surface area contributed by atoms with Gasteiger partial charge in [-0.1, -0.05) is 11.6 Å². The lowest BCUT2D eigenvalue weighted by Gasteiger charge is -2.28. The molecule has 1 saturated carbocycles. The summed E-state index contributed by atoms with van der Waals surface area (Å²) in [7, 11) is -4.28. The van der Waals surface area contributed by atoms with E-state index in [1.54, 1.807) is 0 Å². The normalized spacial score (nSPS) is 27.7. The fourth-order valence-corrected chi connectivity index (χ4v) is 6.33. The van der Waals surface area contributed by atoms with Crippen LogP contribution in [0.1, 0.15) is 45.8 Å². The summed E-state index contributed by atoms with van der Waals surface area (Å²) >= 11 is 11.1. The van der Waals surface area contributed by atoms with Crippen LogP contribution in [0.15, 0.2) is 41.3 Å². The number of halogens is 1. The van der Waals surface area contributed by atoms with E-state index in [0.717, 1.165) is 25.7 Å². The molecular weight excluding hydrogens is 573 g/mol. The number of nitrogens with zero attached hydrogens (tertiary/aromatic N) is 1. The minimum atomic E-state index is -4.28. The zero-order chi connectivity index (χ0) is 28.4. The first-order chi connectivity index (χ1) is 18.4. The Morgan fingerprint density at radius 2 is 2.00 bits per heavy atom. The number of aliphatic hydroxyl groups excluding tert-OH is 1. The maximum atomic E-state index is 13.8. The topological polar surface area (TPSA) is 161 Å². The SMILES string of the molecule is C[C@H](N[P@@](=O)(OC[C@H]1O[C@@H](n2ccc(=O)[nH]c2=S)[C@](C)(O)C1O)Oc1ccc(Cl)cc1)C(=O)OC1CCCC1. The third-order valence-electron chi connectivity index (χ3n) is 6.60. The zero-order valence-electron chi connectivity index (χ0n) is 21.3. The number of H-pyrrole nitrogens is 1. The van der Waals surface area contributed by atoms with Crippen LogP contribution in [0.25, 0.3) is 0 Å². The van der Waals surface area contributed by atoms with Crippen molar-refractivity contribution < 1.29 is 38.1 Å². The molecule has 214 valence electrons. The highest BCUT2D eigenvalue weighted by Gasteiger charge is 2.54. The fourth-order valence-electron chi connectivity index (χ4n) is 4.45. The van der Waals surface area contributed by atoms with Gasteiger partial charge in [-0.3, -0.25) is 23.7 Å². The van der Waals surface area contributed by atoms with E-state index in [-0.39, 0.29) is 16.6 Å². The van der Waals surface area contributed by atoms with Gasteiger partial charge in [0.05, 0.1) is 6.61 Å². The summed E-state index contributed by atoms with van der Waals surface area (Å²) in [5.74, 6) is -0.470. The van der Waals surface area contributed by atoms with Gasteiger partial charge >= 0.3 is 13.7 Å². The molecule has 4 N–H and O–H groups in total. The Labute approximate surface area is 234 Å². The highest BCUT2D eigenvalue weighted by Crippen LogP contribution is 2.47. The Morgan fingerprint density at radius 1 is 1.33 bits per heavy atom. The second kappa shape index (κ2) is 12.2. The average Bonchev–Trinajstić information content (AvgIpc) is 3.46. The number of benzene rings is 1. The van der Waals surface area contributed by atoms with Crippen LogP contribution in [0.4, 0.5) is 0 Å². The standard InChI is InChI=1S/C24H31ClN3O9PS/c1-14(21(31)35-16-5-3-4-6-16)27-38(33,37-17-9-7-15(25)8-10-17)34-13-18-20(30)24(2,32)22(36-18)28-12-11-19(29)26-23(28)39/h7-12,14,16,18,20,22,30,32H,3-6,13H2,1-2H3,(H,27,33)(H,26,29,39)/t14-,18+,20?,22+,24+,38+/m0/s1. The van der Waals surface area contributed by atoms with E-state index in [9.17, 15) is 24.4 Å². The molecule has 39 heavy (non-hydrogen) atoms. The molecule has 1 unspecified atom stereocenters. The number of aliphatic hydroxyl groups is 2. The number of carbonyl (C=O) groups is 1. The second-order valence-corrected chi connectivity index (χ2v) is 12.3. The molecule has 0 radical (unpaired) electrons. The highest BCUT2D eigenvalue weighted by molar-refractivity contribution is 7.71. The number of aromatic nitrogens is 2. The van der Waals surface area contributed by atoms with Crippen LogP contribution in [0.2, 0.25) is 5.02 Å². The first-order valence-corrected chi connectivity index (χ1v) is 14.8. The monoisotopic (exact) mass is 603 g/mol. The number of aromatic amines is 1. The highest BCUT2D eigenvalue weighted by atomic mass is 35.5. The molecule has 12 nitrogen and oxygen atoms in total. The molecule has 0 spiro atoms. The molecule has 6 atom stereocenters. The number of hydrogen-bond donors (Lipinski definition) is 4. The quantitative estimate of drug-likeness (QED) is 0.179. The van der Waals surface area contributed by atoms with Crippen molar-refractivity contribution in [1.82, 2.24) is 14.6 Å². The van der Waals surface area contributed by atoms with Gasteiger partial charge in [0.2, 0.25) is 0 Å². The summed E-state index contributed by atoms with van der Waals surface area (Å²) in [4.78, 5) is 26.6. The van der Waals surface area contributed by atoms with Gasteiger partial charge in [-0.25, -0.2) is 4.57 Å². The Hall–Kier alpha value is -2.09. The molecule has 2 aromatic rings. The van der Waals surface area contributed by atoms with Crippen molar-refractivity contribution in [3.8, 4) is 5.75 Å². The van der Waals surface area contributed by atoms with Crippen LogP contribution in [0.5, 0.6) is 5.75 Å².